The van der Waals surface area contributed by atoms with Crippen LogP contribution in [0.4, 0.5) is 8.78 Å². The van der Waals surface area contributed by atoms with Crippen LogP contribution in [0.25, 0.3) is 0 Å². The molecular weight excluding hydrogens is 387 g/mol. The highest BCUT2D eigenvalue weighted by Gasteiger charge is 2.32. The molecule has 0 spiro atoms. The first-order valence-corrected chi connectivity index (χ1v) is 8.18. The van der Waals surface area contributed by atoms with E-state index >= 15 is 0 Å². The van der Waals surface area contributed by atoms with Gasteiger partial charge in [-0.1, -0.05) is 29.3 Å². The van der Waals surface area contributed by atoms with Crippen LogP contribution >= 0.6 is 23.2 Å². The van der Waals surface area contributed by atoms with Crippen molar-refractivity contribution in [1.82, 2.24) is 15.4 Å². The molecule has 0 aliphatic rings. The highest BCUT2D eigenvalue weighted by molar-refractivity contribution is 6.36. The highest BCUT2D eigenvalue weighted by Crippen LogP contribution is 2.23. The van der Waals surface area contributed by atoms with Gasteiger partial charge < -0.3 is 0 Å². The Morgan fingerprint density at radius 2 is 1.73 bits per heavy atom. The third kappa shape index (κ3) is 4.28. The molecule has 1 heterocycles. The molecule has 0 aliphatic carbocycles. The number of pyridine rings is 1. The minimum Gasteiger partial charge on any atom is -0.267 e. The molecule has 0 unspecified atom stereocenters. The summed E-state index contributed by atoms with van der Waals surface area (Å²) in [5.74, 6) is -3.91. The van der Waals surface area contributed by atoms with E-state index in [1.807, 2.05) is 0 Å². The van der Waals surface area contributed by atoms with Crippen LogP contribution in [0.3, 0.4) is 0 Å². The second-order valence-corrected chi connectivity index (χ2v) is 7.13. The third-order valence-electron chi connectivity index (χ3n) is 3.33. The normalized spacial score (nSPS) is 11.2. The van der Waals surface area contributed by atoms with E-state index in [0.717, 1.165) is 29.4 Å². The van der Waals surface area contributed by atoms with Gasteiger partial charge in [-0.2, -0.15) is 0 Å². The van der Waals surface area contributed by atoms with Crippen LogP contribution < -0.4 is 5.43 Å². The lowest BCUT2D eigenvalue weighted by Gasteiger charge is -2.35. The van der Waals surface area contributed by atoms with Gasteiger partial charge in [-0.25, -0.2) is 18.8 Å². The maximum Gasteiger partial charge on any atom is 0.275 e. The molecule has 0 atom stereocenters. The Labute approximate surface area is 158 Å². The van der Waals surface area contributed by atoms with Crippen molar-refractivity contribution >= 4 is 35.0 Å². The summed E-state index contributed by atoms with van der Waals surface area (Å²) in [5.41, 5.74) is 0.483. The van der Waals surface area contributed by atoms with Crippen LogP contribution in [0.5, 0.6) is 0 Å². The Balaban J connectivity index is 2.40. The van der Waals surface area contributed by atoms with Crippen LogP contribution in [0.2, 0.25) is 10.2 Å². The number of carbonyl (C=O) groups is 2. The molecule has 5 nitrogen and oxygen atoms in total. The quantitative estimate of drug-likeness (QED) is 0.604. The minimum absolute atomic E-state index is 0.0237. The van der Waals surface area contributed by atoms with Gasteiger partial charge in [0, 0.05) is 6.20 Å². The van der Waals surface area contributed by atoms with Gasteiger partial charge in [0.15, 0.2) is 0 Å². The van der Waals surface area contributed by atoms with Crippen LogP contribution in [0.1, 0.15) is 41.5 Å². The summed E-state index contributed by atoms with van der Waals surface area (Å²) in [6.45, 7) is 4.88. The fourth-order valence-corrected chi connectivity index (χ4v) is 2.53. The fraction of sp³-hybridized carbons (Fsp3) is 0.235. The van der Waals surface area contributed by atoms with Gasteiger partial charge in [0.1, 0.15) is 22.4 Å². The first kappa shape index (κ1) is 20.1. The Bertz CT molecular complexity index is 849. The molecule has 1 aromatic heterocycles. The molecule has 0 saturated carbocycles. The average molecular weight is 402 g/mol. The van der Waals surface area contributed by atoms with Gasteiger partial charge in [-0.05, 0) is 39.0 Å². The molecular formula is C17H15Cl2F2N3O2. The standard InChI is InChI=1S/C17H15Cl2F2N3O2/c1-17(2,3)24(16(26)9-8-22-13(19)7-10(9)18)23-15(25)14-11(20)5-4-6-12(14)21/h4-8H,1-3H3,(H,23,25). The van der Waals surface area contributed by atoms with Crippen LogP contribution in [0, 0.1) is 11.6 Å². The van der Waals surface area contributed by atoms with Crippen molar-refractivity contribution in [1.29, 1.82) is 0 Å². The molecule has 138 valence electrons. The second-order valence-electron chi connectivity index (χ2n) is 6.34. The van der Waals surface area contributed by atoms with Crippen molar-refractivity contribution in [2.75, 3.05) is 0 Å². The van der Waals surface area contributed by atoms with Gasteiger partial charge >= 0.3 is 0 Å². The Hall–Kier alpha value is -2.25. The summed E-state index contributed by atoms with van der Waals surface area (Å²) in [4.78, 5) is 29.0. The predicted octanol–water partition coefficient (Wildman–Crippen LogP) is 4.25. The number of halogens is 4. The third-order valence-corrected chi connectivity index (χ3v) is 3.85. The second kappa shape index (κ2) is 7.55. The van der Waals surface area contributed by atoms with Crippen LogP contribution in [-0.2, 0) is 0 Å². The number of rotatable bonds is 2. The van der Waals surface area contributed by atoms with Crippen molar-refractivity contribution in [2.24, 2.45) is 0 Å². The molecule has 0 saturated heterocycles. The zero-order valence-electron chi connectivity index (χ0n) is 14.1. The van der Waals surface area contributed by atoms with Crippen LogP contribution in [-0.4, -0.2) is 27.3 Å². The SMILES string of the molecule is CC(C)(C)N(NC(=O)c1c(F)cccc1F)C(=O)c1cnc(Cl)cc1Cl. The number of hydrogen-bond acceptors (Lipinski definition) is 3. The zero-order chi connectivity index (χ0) is 19.6. The van der Waals surface area contributed by atoms with Crippen molar-refractivity contribution in [3.05, 3.63) is 63.4 Å². The number of aromatic nitrogens is 1. The molecule has 2 rings (SSSR count). The topological polar surface area (TPSA) is 62.3 Å². The molecule has 1 N–H and O–H groups in total. The number of hydrazine groups is 1. The van der Waals surface area contributed by atoms with E-state index in [-0.39, 0.29) is 15.7 Å². The van der Waals surface area contributed by atoms with Crippen molar-refractivity contribution < 1.29 is 18.4 Å². The van der Waals surface area contributed by atoms with Crippen molar-refractivity contribution in [3.8, 4) is 0 Å². The molecule has 1 aromatic carbocycles. The lowest BCUT2D eigenvalue weighted by molar-refractivity contribution is 0.0355. The molecule has 0 fully saturated rings. The molecule has 2 amide bonds. The summed E-state index contributed by atoms with van der Waals surface area (Å²) in [6, 6.07) is 4.30. The zero-order valence-corrected chi connectivity index (χ0v) is 15.6. The summed E-state index contributed by atoms with van der Waals surface area (Å²) in [6.07, 6.45) is 1.15. The van der Waals surface area contributed by atoms with E-state index < -0.39 is 34.6 Å². The molecule has 0 aliphatic heterocycles. The number of benzene rings is 1. The lowest BCUT2D eigenvalue weighted by atomic mass is 10.1. The minimum atomic E-state index is -1.11. The Kier molecular flexibility index (Phi) is 5.83. The van der Waals surface area contributed by atoms with E-state index in [0.29, 0.717) is 0 Å². The molecule has 9 heteroatoms. The maximum atomic E-state index is 13.8. The fourth-order valence-electron chi connectivity index (χ4n) is 2.08. The lowest BCUT2D eigenvalue weighted by Crippen LogP contribution is -2.56. The van der Waals surface area contributed by atoms with Crippen molar-refractivity contribution in [3.63, 3.8) is 0 Å². The van der Waals surface area contributed by atoms with Crippen LogP contribution in [0.15, 0.2) is 30.5 Å². The van der Waals surface area contributed by atoms with E-state index in [4.69, 9.17) is 23.2 Å². The first-order chi connectivity index (χ1) is 12.0. The molecule has 26 heavy (non-hydrogen) atoms. The number of hydrogen-bond donors (Lipinski definition) is 1. The average Bonchev–Trinajstić information content (AvgIpc) is 2.50. The van der Waals surface area contributed by atoms with Crippen molar-refractivity contribution in [2.45, 2.75) is 26.3 Å². The predicted molar refractivity (Wildman–Crippen MR) is 94.0 cm³/mol. The monoisotopic (exact) mass is 401 g/mol. The van der Waals surface area contributed by atoms with Gasteiger partial charge in [0.25, 0.3) is 11.8 Å². The number of nitrogens with one attached hydrogen (secondary N) is 1. The van der Waals surface area contributed by atoms with Gasteiger partial charge in [0.05, 0.1) is 16.1 Å². The van der Waals surface area contributed by atoms with E-state index in [2.05, 4.69) is 10.4 Å². The molecule has 0 bridgehead atoms. The Morgan fingerprint density at radius 3 is 2.23 bits per heavy atom. The number of carbonyl (C=O) groups excluding carboxylic acids is 2. The largest absolute Gasteiger partial charge is 0.275 e. The summed E-state index contributed by atoms with van der Waals surface area (Å²) < 4.78 is 27.7. The van der Waals surface area contributed by atoms with Gasteiger partial charge in [0.2, 0.25) is 0 Å². The van der Waals surface area contributed by atoms with Gasteiger partial charge in [-0.3, -0.25) is 15.0 Å². The number of nitrogens with zero attached hydrogens (tertiary/aromatic N) is 2. The maximum absolute atomic E-state index is 13.8. The molecule has 2 aromatic rings. The summed E-state index contributed by atoms with van der Waals surface area (Å²) >= 11 is 11.7. The summed E-state index contributed by atoms with van der Waals surface area (Å²) in [5, 5.41) is 1.04. The van der Waals surface area contributed by atoms with Gasteiger partial charge in [-0.15, -0.1) is 0 Å². The van der Waals surface area contributed by atoms with E-state index in [1.165, 1.54) is 6.07 Å². The van der Waals surface area contributed by atoms with E-state index in [9.17, 15) is 18.4 Å². The smallest absolute Gasteiger partial charge is 0.267 e. The first-order valence-electron chi connectivity index (χ1n) is 7.43. The summed E-state index contributed by atoms with van der Waals surface area (Å²) in [7, 11) is 0. The molecule has 0 radical (unpaired) electrons. The highest BCUT2D eigenvalue weighted by atomic mass is 35.5. The Morgan fingerprint density at radius 1 is 1.15 bits per heavy atom. The van der Waals surface area contributed by atoms with E-state index in [1.54, 1.807) is 20.8 Å². The number of amides is 2.